The summed E-state index contributed by atoms with van der Waals surface area (Å²) in [6.07, 6.45) is 5.62. The van der Waals surface area contributed by atoms with Gasteiger partial charge in [-0.15, -0.1) is 0 Å². The lowest BCUT2D eigenvalue weighted by Crippen LogP contribution is -2.44. The summed E-state index contributed by atoms with van der Waals surface area (Å²) in [4.78, 5) is 12.8. The Morgan fingerprint density at radius 3 is 2.55 bits per heavy atom. The molecular formula is C21H19F2N7O. The number of anilines is 1. The van der Waals surface area contributed by atoms with Crippen molar-refractivity contribution in [3.05, 3.63) is 65.9 Å². The van der Waals surface area contributed by atoms with E-state index in [2.05, 4.69) is 30.5 Å². The van der Waals surface area contributed by atoms with E-state index < -0.39 is 17.6 Å². The molecule has 0 bridgehead atoms. The van der Waals surface area contributed by atoms with Gasteiger partial charge in [0.25, 0.3) is 0 Å². The molecule has 3 aromatic heterocycles. The van der Waals surface area contributed by atoms with Crippen LogP contribution in [-0.2, 0) is 5.54 Å². The van der Waals surface area contributed by atoms with Gasteiger partial charge in [-0.1, -0.05) is 0 Å². The van der Waals surface area contributed by atoms with Crippen LogP contribution in [0.4, 0.5) is 14.7 Å². The summed E-state index contributed by atoms with van der Waals surface area (Å²) in [5, 5.41) is 20.0. The number of nitrogens with zero attached hydrogens (tertiary/aromatic N) is 4. The zero-order chi connectivity index (χ0) is 21.6. The minimum absolute atomic E-state index is 0.247. The summed E-state index contributed by atoms with van der Waals surface area (Å²) in [6, 6.07) is 5.74. The van der Waals surface area contributed by atoms with Gasteiger partial charge in [0, 0.05) is 41.2 Å². The summed E-state index contributed by atoms with van der Waals surface area (Å²) in [6.45, 7) is 0. The van der Waals surface area contributed by atoms with Gasteiger partial charge in [-0.3, -0.25) is 10.1 Å². The Morgan fingerprint density at radius 1 is 1.13 bits per heavy atom. The van der Waals surface area contributed by atoms with E-state index in [1.165, 1.54) is 24.5 Å². The molecule has 0 radical (unpaired) electrons. The second-order valence-corrected chi connectivity index (χ2v) is 7.62. The van der Waals surface area contributed by atoms with Gasteiger partial charge >= 0.3 is 0 Å². The average Bonchev–Trinajstić information content (AvgIpc) is 3.14. The van der Waals surface area contributed by atoms with E-state index >= 15 is 0 Å². The lowest BCUT2D eigenvalue weighted by Gasteiger charge is -2.42. The van der Waals surface area contributed by atoms with Crippen LogP contribution in [0.5, 0.6) is 0 Å². The topological polar surface area (TPSA) is 126 Å². The molecular weight excluding hydrogens is 404 g/mol. The fraction of sp³-hybridized carbons (Fsp3) is 0.238. The second-order valence-electron chi connectivity index (χ2n) is 7.62. The molecule has 1 atom stereocenters. The fourth-order valence-corrected chi connectivity index (χ4v) is 3.93. The van der Waals surface area contributed by atoms with Gasteiger partial charge in [-0.25, -0.2) is 18.7 Å². The number of pyridine rings is 1. The summed E-state index contributed by atoms with van der Waals surface area (Å²) in [7, 11) is 0. The highest BCUT2D eigenvalue weighted by molar-refractivity contribution is 5.87. The van der Waals surface area contributed by atoms with Gasteiger partial charge in [-0.05, 0) is 37.5 Å². The van der Waals surface area contributed by atoms with Gasteiger partial charge in [-0.2, -0.15) is 5.10 Å². The second kappa shape index (κ2) is 7.33. The Kier molecular flexibility index (Phi) is 4.60. The van der Waals surface area contributed by atoms with Crippen LogP contribution in [-0.4, -0.2) is 30.3 Å². The number of aliphatic hydroxyl groups excluding tert-OH is 1. The number of benzene rings is 1. The molecule has 0 amide bonds. The maximum absolute atomic E-state index is 14.6. The standard InChI is InChI=1S/C21H19F2N7O/c22-14-3-1-6-25-18(14)21(4-2-5-21)28-20-26-9-11(10-27-20)12-7-13-16(8-15(12)23)29-30-17(13)19(24)31/h1,3,6-10,19,31H,2,4-5,24H2,(H,29,30)(H,26,27,28). The molecule has 1 unspecified atom stereocenters. The van der Waals surface area contributed by atoms with Crippen molar-refractivity contribution in [3.8, 4) is 11.1 Å². The number of H-pyrrole nitrogens is 1. The van der Waals surface area contributed by atoms with Gasteiger partial charge in [0.05, 0.1) is 16.7 Å². The summed E-state index contributed by atoms with van der Waals surface area (Å²) in [5.41, 5.74) is 6.55. The van der Waals surface area contributed by atoms with E-state index in [4.69, 9.17) is 5.73 Å². The SMILES string of the molecule is NC(O)c1[nH]nc2cc(F)c(-c3cnc(NC4(c5ncccc5F)CCC4)nc3)cc12. The molecule has 0 saturated heterocycles. The van der Waals surface area contributed by atoms with Crippen LogP contribution in [0.2, 0.25) is 0 Å². The molecule has 1 saturated carbocycles. The van der Waals surface area contributed by atoms with Crippen molar-refractivity contribution in [2.75, 3.05) is 5.32 Å². The van der Waals surface area contributed by atoms with E-state index in [9.17, 15) is 13.9 Å². The fourth-order valence-electron chi connectivity index (χ4n) is 3.93. The highest BCUT2D eigenvalue weighted by Crippen LogP contribution is 2.43. The van der Waals surface area contributed by atoms with Crippen molar-refractivity contribution in [3.63, 3.8) is 0 Å². The van der Waals surface area contributed by atoms with E-state index in [0.29, 0.717) is 46.6 Å². The minimum Gasteiger partial charge on any atom is -0.373 e. The van der Waals surface area contributed by atoms with Crippen LogP contribution in [0.3, 0.4) is 0 Å². The molecule has 0 aliphatic heterocycles. The highest BCUT2D eigenvalue weighted by atomic mass is 19.1. The smallest absolute Gasteiger partial charge is 0.223 e. The van der Waals surface area contributed by atoms with Crippen molar-refractivity contribution in [2.45, 2.75) is 31.0 Å². The summed E-state index contributed by atoms with van der Waals surface area (Å²) < 4.78 is 29.0. The molecule has 4 aromatic rings. The normalized spacial score (nSPS) is 16.1. The van der Waals surface area contributed by atoms with Crippen molar-refractivity contribution >= 4 is 16.9 Å². The third kappa shape index (κ3) is 3.29. The zero-order valence-electron chi connectivity index (χ0n) is 16.3. The Balaban J connectivity index is 1.46. The molecule has 1 aliphatic rings. The third-order valence-corrected chi connectivity index (χ3v) is 5.70. The quantitative estimate of drug-likeness (QED) is 0.363. The van der Waals surface area contributed by atoms with Crippen LogP contribution in [0, 0.1) is 11.6 Å². The Hall–Kier alpha value is -3.50. The molecule has 1 fully saturated rings. The molecule has 5 N–H and O–H groups in total. The Labute approximate surface area is 175 Å². The number of hydrogen-bond acceptors (Lipinski definition) is 7. The van der Waals surface area contributed by atoms with Crippen LogP contribution < -0.4 is 11.1 Å². The zero-order valence-corrected chi connectivity index (χ0v) is 16.3. The van der Waals surface area contributed by atoms with Crippen molar-refractivity contribution in [2.24, 2.45) is 5.73 Å². The number of fused-ring (bicyclic) bond motifs is 1. The lowest BCUT2D eigenvalue weighted by atomic mass is 9.74. The number of hydrogen-bond donors (Lipinski definition) is 4. The Morgan fingerprint density at radius 2 is 1.90 bits per heavy atom. The number of halogens is 2. The highest BCUT2D eigenvalue weighted by Gasteiger charge is 2.42. The summed E-state index contributed by atoms with van der Waals surface area (Å²) >= 11 is 0. The van der Waals surface area contributed by atoms with Gasteiger partial charge in [0.1, 0.15) is 23.6 Å². The predicted octanol–water partition coefficient (Wildman–Crippen LogP) is 3.13. The van der Waals surface area contributed by atoms with Crippen LogP contribution >= 0.6 is 0 Å². The van der Waals surface area contributed by atoms with E-state index in [0.717, 1.165) is 6.42 Å². The first-order valence-electron chi connectivity index (χ1n) is 9.80. The first-order chi connectivity index (χ1) is 15.0. The Bertz CT molecular complexity index is 1250. The van der Waals surface area contributed by atoms with Crippen LogP contribution in [0.25, 0.3) is 22.0 Å². The van der Waals surface area contributed by atoms with Crippen LogP contribution in [0.15, 0.2) is 42.9 Å². The first kappa shape index (κ1) is 19.5. The summed E-state index contributed by atoms with van der Waals surface area (Å²) in [5.74, 6) is -0.580. The van der Waals surface area contributed by atoms with E-state index in [-0.39, 0.29) is 11.4 Å². The minimum atomic E-state index is -1.27. The number of nitrogens with one attached hydrogen (secondary N) is 2. The number of rotatable bonds is 5. The monoisotopic (exact) mass is 423 g/mol. The lowest BCUT2D eigenvalue weighted by molar-refractivity contribution is 0.182. The van der Waals surface area contributed by atoms with Gasteiger partial charge in [0.2, 0.25) is 5.95 Å². The number of aliphatic hydroxyl groups is 1. The van der Waals surface area contributed by atoms with E-state index in [1.54, 1.807) is 18.3 Å². The van der Waals surface area contributed by atoms with Gasteiger partial charge < -0.3 is 16.2 Å². The largest absolute Gasteiger partial charge is 0.373 e. The van der Waals surface area contributed by atoms with Crippen molar-refractivity contribution < 1.29 is 13.9 Å². The molecule has 8 nitrogen and oxygen atoms in total. The van der Waals surface area contributed by atoms with Crippen molar-refractivity contribution in [1.29, 1.82) is 0 Å². The average molecular weight is 423 g/mol. The number of nitrogens with two attached hydrogens (primary N) is 1. The molecule has 31 heavy (non-hydrogen) atoms. The van der Waals surface area contributed by atoms with Crippen LogP contribution in [0.1, 0.15) is 36.9 Å². The maximum Gasteiger partial charge on any atom is 0.223 e. The molecule has 158 valence electrons. The van der Waals surface area contributed by atoms with Gasteiger partial charge in [0.15, 0.2) is 0 Å². The predicted molar refractivity (Wildman–Crippen MR) is 110 cm³/mol. The molecule has 3 heterocycles. The molecule has 0 spiro atoms. The molecule has 1 aliphatic carbocycles. The van der Waals surface area contributed by atoms with E-state index in [1.807, 2.05) is 0 Å². The third-order valence-electron chi connectivity index (χ3n) is 5.70. The molecule has 1 aromatic carbocycles. The molecule has 10 heteroatoms. The number of aromatic nitrogens is 5. The maximum atomic E-state index is 14.6. The molecule has 5 rings (SSSR count). The first-order valence-corrected chi connectivity index (χ1v) is 9.80. The number of aromatic amines is 1. The van der Waals surface area contributed by atoms with Crippen molar-refractivity contribution in [1.82, 2.24) is 25.1 Å².